The second-order valence-electron chi connectivity index (χ2n) is 8.13. The van der Waals surface area contributed by atoms with Crippen molar-refractivity contribution in [2.75, 3.05) is 19.7 Å². The molecule has 1 fully saturated rings. The number of halogens is 1. The fourth-order valence-corrected chi connectivity index (χ4v) is 4.24. The third-order valence-corrected chi connectivity index (χ3v) is 6.08. The van der Waals surface area contributed by atoms with Gasteiger partial charge >= 0.3 is 0 Å². The average molecular weight is 463 g/mol. The molecule has 1 aliphatic heterocycles. The highest BCUT2D eigenvalue weighted by molar-refractivity contribution is 6.30. The molecular formula is C25H23ClN4O3. The van der Waals surface area contributed by atoms with Crippen LogP contribution in [0.15, 0.2) is 65.5 Å². The van der Waals surface area contributed by atoms with Crippen LogP contribution in [0.2, 0.25) is 5.02 Å². The highest BCUT2D eigenvalue weighted by Crippen LogP contribution is 2.28. The molecule has 0 aliphatic carbocycles. The van der Waals surface area contributed by atoms with E-state index in [0.29, 0.717) is 36.3 Å². The van der Waals surface area contributed by atoms with Gasteiger partial charge in [-0.2, -0.15) is 0 Å². The lowest BCUT2D eigenvalue weighted by Crippen LogP contribution is -2.41. The van der Waals surface area contributed by atoms with Gasteiger partial charge in [0, 0.05) is 24.5 Å². The van der Waals surface area contributed by atoms with Gasteiger partial charge in [0.2, 0.25) is 5.88 Å². The molecule has 1 atom stereocenters. The SMILES string of the molecule is O=C(COc1ncnc2ccccc12)N1CCC[C@@H](c2ncc(Cc3ccc(Cl)cc3)o2)C1. The highest BCUT2D eigenvalue weighted by atomic mass is 35.5. The second kappa shape index (κ2) is 9.58. The Labute approximate surface area is 196 Å². The third-order valence-electron chi connectivity index (χ3n) is 5.83. The number of fused-ring (bicyclic) bond motifs is 1. The van der Waals surface area contributed by atoms with E-state index in [1.807, 2.05) is 53.4 Å². The molecule has 7 nitrogen and oxygen atoms in total. The summed E-state index contributed by atoms with van der Waals surface area (Å²) in [4.78, 5) is 27.6. The number of hydrogen-bond donors (Lipinski definition) is 0. The summed E-state index contributed by atoms with van der Waals surface area (Å²) >= 11 is 5.96. The molecule has 0 bridgehead atoms. The molecule has 0 unspecified atom stereocenters. The van der Waals surface area contributed by atoms with Gasteiger partial charge in [-0.05, 0) is 42.7 Å². The van der Waals surface area contributed by atoms with Crippen LogP contribution in [-0.2, 0) is 11.2 Å². The van der Waals surface area contributed by atoms with Crippen LogP contribution in [0.3, 0.4) is 0 Å². The number of carbonyl (C=O) groups excluding carboxylic acids is 1. The summed E-state index contributed by atoms with van der Waals surface area (Å²) in [5, 5.41) is 1.50. The number of benzene rings is 2. The Morgan fingerprint density at radius 3 is 2.85 bits per heavy atom. The van der Waals surface area contributed by atoms with Crippen molar-refractivity contribution in [1.29, 1.82) is 0 Å². The van der Waals surface area contributed by atoms with Crippen molar-refractivity contribution in [3.63, 3.8) is 0 Å². The molecule has 1 saturated heterocycles. The van der Waals surface area contributed by atoms with Crippen molar-refractivity contribution in [3.8, 4) is 5.88 Å². The molecule has 0 radical (unpaired) electrons. The maximum atomic E-state index is 12.9. The lowest BCUT2D eigenvalue weighted by atomic mass is 9.98. The number of carbonyl (C=O) groups is 1. The van der Waals surface area contributed by atoms with Gasteiger partial charge in [-0.1, -0.05) is 35.9 Å². The molecule has 33 heavy (non-hydrogen) atoms. The first-order valence-electron chi connectivity index (χ1n) is 10.9. The van der Waals surface area contributed by atoms with E-state index < -0.39 is 0 Å². The number of hydrogen-bond acceptors (Lipinski definition) is 6. The van der Waals surface area contributed by atoms with E-state index in [1.54, 1.807) is 6.20 Å². The van der Waals surface area contributed by atoms with Crippen molar-refractivity contribution >= 4 is 28.4 Å². The number of oxazole rings is 1. The minimum absolute atomic E-state index is 0.0683. The molecule has 1 amide bonds. The number of ether oxygens (including phenoxy) is 1. The summed E-state index contributed by atoms with van der Waals surface area (Å²) in [6.45, 7) is 1.19. The number of likely N-dealkylation sites (tertiary alicyclic amines) is 1. The molecule has 168 valence electrons. The van der Waals surface area contributed by atoms with Crippen molar-refractivity contribution in [2.45, 2.75) is 25.2 Å². The van der Waals surface area contributed by atoms with Crippen molar-refractivity contribution in [2.24, 2.45) is 0 Å². The minimum atomic E-state index is -0.0738. The Morgan fingerprint density at radius 2 is 1.97 bits per heavy atom. The molecular weight excluding hydrogens is 440 g/mol. The zero-order valence-corrected chi connectivity index (χ0v) is 18.7. The first-order valence-corrected chi connectivity index (χ1v) is 11.3. The monoisotopic (exact) mass is 462 g/mol. The summed E-state index contributed by atoms with van der Waals surface area (Å²) in [7, 11) is 0. The summed E-state index contributed by atoms with van der Waals surface area (Å²) in [6, 6.07) is 15.3. The molecule has 0 spiro atoms. The number of para-hydroxylation sites is 1. The molecule has 2 aromatic heterocycles. The van der Waals surface area contributed by atoms with E-state index in [-0.39, 0.29) is 18.4 Å². The number of rotatable bonds is 6. The summed E-state index contributed by atoms with van der Waals surface area (Å²) in [5.41, 5.74) is 1.89. The van der Waals surface area contributed by atoms with E-state index in [4.69, 9.17) is 20.8 Å². The Morgan fingerprint density at radius 1 is 1.12 bits per heavy atom. The lowest BCUT2D eigenvalue weighted by molar-refractivity contribution is -0.134. The van der Waals surface area contributed by atoms with Crippen LogP contribution >= 0.6 is 11.6 Å². The summed E-state index contributed by atoms with van der Waals surface area (Å²) < 4.78 is 11.8. The van der Waals surface area contributed by atoms with Crippen molar-refractivity contribution in [1.82, 2.24) is 19.9 Å². The van der Waals surface area contributed by atoms with E-state index in [0.717, 1.165) is 35.1 Å². The van der Waals surface area contributed by atoms with Gasteiger partial charge in [-0.25, -0.2) is 15.0 Å². The quantitative estimate of drug-likeness (QED) is 0.415. The molecule has 1 aliphatic rings. The van der Waals surface area contributed by atoms with Crippen molar-refractivity contribution in [3.05, 3.63) is 83.3 Å². The molecule has 2 aromatic carbocycles. The Hall–Kier alpha value is -3.45. The predicted molar refractivity (Wildman–Crippen MR) is 124 cm³/mol. The van der Waals surface area contributed by atoms with Gasteiger partial charge in [0.15, 0.2) is 12.5 Å². The first kappa shape index (κ1) is 21.4. The number of amides is 1. The normalized spacial score (nSPS) is 16.2. The largest absolute Gasteiger partial charge is 0.467 e. The second-order valence-corrected chi connectivity index (χ2v) is 8.57. The fraction of sp³-hybridized carbons (Fsp3) is 0.280. The maximum absolute atomic E-state index is 12.9. The third kappa shape index (κ3) is 4.98. The van der Waals surface area contributed by atoms with Crippen LogP contribution < -0.4 is 4.74 Å². The average Bonchev–Trinajstić information content (AvgIpc) is 3.32. The van der Waals surface area contributed by atoms with Gasteiger partial charge in [-0.3, -0.25) is 4.79 Å². The van der Waals surface area contributed by atoms with Gasteiger partial charge in [-0.15, -0.1) is 0 Å². The molecule has 4 aromatic rings. The molecule has 3 heterocycles. The standard InChI is InChI=1S/C25H23ClN4O3/c26-19-9-7-17(8-10-19)12-20-13-27-24(33-20)18-4-3-11-30(14-18)23(31)15-32-25-21-5-1-2-6-22(21)28-16-29-25/h1-2,5-10,13,16,18H,3-4,11-12,14-15H2/t18-/m1/s1. The number of aromatic nitrogens is 3. The minimum Gasteiger partial charge on any atom is -0.467 e. The zero-order chi connectivity index (χ0) is 22.6. The van der Waals surface area contributed by atoms with Crippen LogP contribution in [0.4, 0.5) is 0 Å². The van der Waals surface area contributed by atoms with E-state index in [9.17, 15) is 4.79 Å². The lowest BCUT2D eigenvalue weighted by Gasteiger charge is -2.31. The fourth-order valence-electron chi connectivity index (χ4n) is 4.12. The van der Waals surface area contributed by atoms with Crippen LogP contribution in [0, 0.1) is 0 Å². The molecule has 0 N–H and O–H groups in total. The van der Waals surface area contributed by atoms with Crippen LogP contribution in [0.5, 0.6) is 5.88 Å². The number of piperidine rings is 1. The Balaban J connectivity index is 1.20. The van der Waals surface area contributed by atoms with Crippen LogP contribution in [-0.4, -0.2) is 45.5 Å². The van der Waals surface area contributed by atoms with E-state index in [1.165, 1.54) is 6.33 Å². The van der Waals surface area contributed by atoms with E-state index >= 15 is 0 Å². The Bertz CT molecular complexity index is 1250. The smallest absolute Gasteiger partial charge is 0.260 e. The van der Waals surface area contributed by atoms with Crippen LogP contribution in [0.1, 0.15) is 36.0 Å². The number of nitrogens with zero attached hydrogens (tertiary/aromatic N) is 4. The summed E-state index contributed by atoms with van der Waals surface area (Å²) in [6.07, 6.45) is 5.70. The maximum Gasteiger partial charge on any atom is 0.260 e. The van der Waals surface area contributed by atoms with Gasteiger partial charge in [0.05, 0.1) is 23.0 Å². The highest BCUT2D eigenvalue weighted by Gasteiger charge is 2.28. The Kier molecular flexibility index (Phi) is 6.21. The van der Waals surface area contributed by atoms with Crippen LogP contribution in [0.25, 0.3) is 10.9 Å². The first-order chi connectivity index (χ1) is 16.2. The molecule has 0 saturated carbocycles. The van der Waals surface area contributed by atoms with E-state index in [2.05, 4.69) is 15.0 Å². The van der Waals surface area contributed by atoms with Gasteiger partial charge < -0.3 is 14.1 Å². The van der Waals surface area contributed by atoms with Gasteiger partial charge in [0.25, 0.3) is 5.91 Å². The predicted octanol–water partition coefficient (Wildman–Crippen LogP) is 4.65. The molecule has 5 rings (SSSR count). The zero-order valence-electron chi connectivity index (χ0n) is 18.0. The topological polar surface area (TPSA) is 81.4 Å². The molecule has 8 heteroatoms. The van der Waals surface area contributed by atoms with Gasteiger partial charge in [0.1, 0.15) is 12.1 Å². The van der Waals surface area contributed by atoms with Crippen molar-refractivity contribution < 1.29 is 13.9 Å². The summed E-state index contributed by atoms with van der Waals surface area (Å²) in [5.74, 6) is 1.90.